The van der Waals surface area contributed by atoms with Crippen LogP contribution in [0.1, 0.15) is 33.3 Å². The number of benzene rings is 1. The van der Waals surface area contributed by atoms with Crippen LogP contribution < -0.4 is 15.5 Å². The molecule has 0 bridgehead atoms. The lowest BCUT2D eigenvalue weighted by Crippen LogP contribution is -2.41. The second-order valence-corrected chi connectivity index (χ2v) is 7.68. The Hall–Kier alpha value is -2.65. The topological polar surface area (TPSA) is 95.8 Å². The Morgan fingerprint density at radius 3 is 2.32 bits per heavy atom. The maximum absolute atomic E-state index is 11.6. The van der Waals surface area contributed by atoms with Gasteiger partial charge in [0, 0.05) is 24.3 Å². The summed E-state index contributed by atoms with van der Waals surface area (Å²) in [5.74, 6) is 0.945. The minimum atomic E-state index is -0.702. The minimum Gasteiger partial charge on any atom is -0.497 e. The summed E-state index contributed by atoms with van der Waals surface area (Å²) in [7, 11) is 0.897. The lowest BCUT2D eigenvalue weighted by molar-refractivity contribution is -0.384. The van der Waals surface area contributed by atoms with Gasteiger partial charge in [-0.15, -0.1) is 0 Å². The number of hydrogen-bond acceptors (Lipinski definition) is 7. The highest BCUT2D eigenvalue weighted by Gasteiger charge is 2.52. The number of anilines is 1. The van der Waals surface area contributed by atoms with Gasteiger partial charge in [0.15, 0.2) is 0 Å². The Morgan fingerprint density at radius 2 is 1.79 bits per heavy atom. The van der Waals surface area contributed by atoms with E-state index in [9.17, 15) is 10.1 Å². The molecule has 1 aliphatic heterocycles. The van der Waals surface area contributed by atoms with E-state index in [1.165, 1.54) is 6.07 Å². The monoisotopic (exact) mass is 385 g/mol. The zero-order chi connectivity index (χ0) is 20.5. The fourth-order valence-electron chi connectivity index (χ4n) is 2.78. The molecule has 0 radical (unpaired) electrons. The maximum atomic E-state index is 11.6. The third-order valence-electron chi connectivity index (χ3n) is 5.23. The molecule has 148 valence electrons. The first-order valence-corrected chi connectivity index (χ1v) is 9.00. The third-order valence-corrected chi connectivity index (χ3v) is 5.23. The summed E-state index contributed by atoms with van der Waals surface area (Å²) in [6, 6.07) is 8.89. The van der Waals surface area contributed by atoms with E-state index in [1.54, 1.807) is 13.3 Å². The molecule has 0 saturated carbocycles. The number of pyridine rings is 1. The molecule has 1 aromatic carbocycles. The fourth-order valence-corrected chi connectivity index (χ4v) is 2.78. The van der Waals surface area contributed by atoms with Gasteiger partial charge in [0.05, 0.1) is 23.2 Å². The number of hydrogen-bond donors (Lipinski definition) is 1. The Kier molecular flexibility index (Phi) is 5.32. The normalized spacial score (nSPS) is 17.4. The van der Waals surface area contributed by atoms with E-state index >= 15 is 0 Å². The van der Waals surface area contributed by atoms with E-state index in [0.717, 1.165) is 11.3 Å². The van der Waals surface area contributed by atoms with Gasteiger partial charge in [-0.2, -0.15) is 0 Å². The number of nitro groups is 1. The summed E-state index contributed by atoms with van der Waals surface area (Å²) in [4.78, 5) is 15.4. The van der Waals surface area contributed by atoms with E-state index < -0.39 is 23.2 Å². The van der Waals surface area contributed by atoms with E-state index in [-0.39, 0.29) is 11.5 Å². The molecule has 0 spiro atoms. The Bertz CT molecular complexity index is 854. The van der Waals surface area contributed by atoms with Gasteiger partial charge in [-0.1, -0.05) is 12.1 Å². The molecule has 0 atom stereocenters. The highest BCUT2D eigenvalue weighted by Crippen LogP contribution is 2.36. The van der Waals surface area contributed by atoms with Crippen LogP contribution in [-0.4, -0.2) is 35.3 Å². The average Bonchev–Trinajstić information content (AvgIpc) is 2.87. The second-order valence-electron chi connectivity index (χ2n) is 7.68. The zero-order valence-electron chi connectivity index (χ0n) is 16.7. The van der Waals surface area contributed by atoms with Crippen LogP contribution in [0.5, 0.6) is 5.75 Å². The van der Waals surface area contributed by atoms with Gasteiger partial charge >= 0.3 is 12.8 Å². The molecule has 28 heavy (non-hydrogen) atoms. The summed E-state index contributed by atoms with van der Waals surface area (Å²) in [5.41, 5.74) is 0.281. The molecule has 1 N–H and O–H groups in total. The first kappa shape index (κ1) is 20.1. The molecule has 3 rings (SSSR count). The summed E-state index contributed by atoms with van der Waals surface area (Å²) < 4.78 is 17.0. The standard InChI is InChI=1S/C19H24BN3O5/c1-18(2)19(3,4)28-20(27-18)14-10-16(23(24)25)17(22-12-14)21-11-13-6-8-15(26-5)9-7-13/h6-10,12H,11H2,1-5H3,(H,21,22). The summed E-state index contributed by atoms with van der Waals surface area (Å²) in [5, 5.41) is 14.6. The third kappa shape index (κ3) is 3.95. The molecule has 8 nitrogen and oxygen atoms in total. The van der Waals surface area contributed by atoms with Crippen molar-refractivity contribution in [2.75, 3.05) is 12.4 Å². The van der Waals surface area contributed by atoms with E-state index in [0.29, 0.717) is 12.0 Å². The van der Waals surface area contributed by atoms with Gasteiger partial charge in [0.2, 0.25) is 5.82 Å². The van der Waals surface area contributed by atoms with Gasteiger partial charge < -0.3 is 19.4 Å². The van der Waals surface area contributed by atoms with Crippen LogP contribution in [0.3, 0.4) is 0 Å². The highest BCUT2D eigenvalue weighted by molar-refractivity contribution is 6.62. The summed E-state index contributed by atoms with van der Waals surface area (Å²) in [6.07, 6.45) is 1.55. The predicted molar refractivity (Wildman–Crippen MR) is 107 cm³/mol. The fraction of sp³-hybridized carbons (Fsp3) is 0.421. The molecule has 9 heteroatoms. The predicted octanol–water partition coefficient (Wildman–Crippen LogP) is 2.91. The van der Waals surface area contributed by atoms with Crippen molar-refractivity contribution in [1.82, 2.24) is 4.98 Å². The Labute approximate surface area is 164 Å². The molecular weight excluding hydrogens is 361 g/mol. The maximum Gasteiger partial charge on any atom is 0.496 e. The van der Waals surface area contributed by atoms with Crippen LogP contribution in [0, 0.1) is 10.1 Å². The lowest BCUT2D eigenvalue weighted by Gasteiger charge is -2.32. The van der Waals surface area contributed by atoms with Crippen molar-refractivity contribution in [3.05, 3.63) is 52.2 Å². The largest absolute Gasteiger partial charge is 0.497 e. The number of rotatable bonds is 6. The Balaban J connectivity index is 1.79. The Morgan fingerprint density at radius 1 is 1.18 bits per heavy atom. The molecule has 2 aromatic rings. The van der Waals surface area contributed by atoms with Gasteiger partial charge in [0.1, 0.15) is 5.75 Å². The molecule has 0 amide bonds. The first-order chi connectivity index (χ1) is 13.1. The number of aromatic nitrogens is 1. The van der Waals surface area contributed by atoms with E-state index in [2.05, 4.69) is 10.3 Å². The number of ether oxygens (including phenoxy) is 1. The van der Waals surface area contributed by atoms with Gasteiger partial charge in [-0.05, 0) is 45.4 Å². The average molecular weight is 385 g/mol. The van der Waals surface area contributed by atoms with Crippen LogP contribution >= 0.6 is 0 Å². The van der Waals surface area contributed by atoms with E-state index in [4.69, 9.17) is 14.0 Å². The molecule has 1 saturated heterocycles. The molecular formula is C19H24BN3O5. The lowest BCUT2D eigenvalue weighted by atomic mass is 9.80. The second kappa shape index (κ2) is 7.41. The van der Waals surface area contributed by atoms with Gasteiger partial charge in [0.25, 0.3) is 0 Å². The molecule has 1 fully saturated rings. The minimum absolute atomic E-state index is 0.124. The highest BCUT2D eigenvalue weighted by atomic mass is 16.7. The number of nitrogens with one attached hydrogen (secondary N) is 1. The van der Waals surface area contributed by atoms with Crippen molar-refractivity contribution >= 4 is 24.1 Å². The first-order valence-electron chi connectivity index (χ1n) is 9.00. The molecule has 1 aliphatic rings. The van der Waals surface area contributed by atoms with Crippen molar-refractivity contribution in [3.8, 4) is 5.75 Å². The van der Waals surface area contributed by atoms with Crippen LogP contribution in [-0.2, 0) is 15.9 Å². The summed E-state index contributed by atoms with van der Waals surface area (Å²) in [6.45, 7) is 8.12. The smallest absolute Gasteiger partial charge is 0.496 e. The van der Waals surface area contributed by atoms with Crippen molar-refractivity contribution < 1.29 is 19.0 Å². The van der Waals surface area contributed by atoms with Gasteiger partial charge in [-0.25, -0.2) is 4.98 Å². The zero-order valence-corrected chi connectivity index (χ0v) is 16.7. The number of methoxy groups -OCH3 is 1. The number of nitrogens with zero attached hydrogens (tertiary/aromatic N) is 2. The van der Waals surface area contributed by atoms with Crippen molar-refractivity contribution in [3.63, 3.8) is 0 Å². The van der Waals surface area contributed by atoms with Crippen molar-refractivity contribution in [1.29, 1.82) is 0 Å². The molecule has 1 aromatic heterocycles. The van der Waals surface area contributed by atoms with Crippen LogP contribution in [0.2, 0.25) is 0 Å². The molecule has 0 aliphatic carbocycles. The van der Waals surface area contributed by atoms with Crippen molar-refractivity contribution in [2.24, 2.45) is 0 Å². The van der Waals surface area contributed by atoms with Crippen LogP contribution in [0.15, 0.2) is 36.5 Å². The van der Waals surface area contributed by atoms with E-state index in [1.807, 2.05) is 52.0 Å². The van der Waals surface area contributed by atoms with Gasteiger partial charge in [-0.3, -0.25) is 10.1 Å². The van der Waals surface area contributed by atoms with Crippen LogP contribution in [0.4, 0.5) is 11.5 Å². The SMILES string of the molecule is COc1ccc(CNc2ncc(B3OC(C)(C)C(C)(C)O3)cc2[N+](=O)[O-])cc1. The van der Waals surface area contributed by atoms with Crippen molar-refractivity contribution in [2.45, 2.75) is 45.4 Å². The molecule has 0 unspecified atom stereocenters. The van der Waals surface area contributed by atoms with Crippen LogP contribution in [0.25, 0.3) is 0 Å². The quantitative estimate of drug-likeness (QED) is 0.464. The summed E-state index contributed by atoms with van der Waals surface area (Å²) >= 11 is 0. The molecule has 2 heterocycles.